The molecule has 1 amide bonds. The summed E-state index contributed by atoms with van der Waals surface area (Å²) in [4.78, 5) is 17.5. The zero-order valence-corrected chi connectivity index (χ0v) is 9.59. The smallest absolute Gasteiger partial charge is 0.233 e. The van der Waals surface area contributed by atoms with Crippen LogP contribution in [-0.2, 0) is 4.79 Å². The minimum Gasteiger partial charge on any atom is -0.368 e. The summed E-state index contributed by atoms with van der Waals surface area (Å²) in [6, 6.07) is 0. The van der Waals surface area contributed by atoms with Crippen molar-refractivity contribution in [2.45, 2.75) is 5.16 Å². The summed E-state index contributed by atoms with van der Waals surface area (Å²) in [7, 11) is 0. The fourth-order valence-corrected chi connectivity index (χ4v) is 2.16. The standard InChI is InChI=1S/C8H14N6OS/c9-7-11-8(13-12-7)16-5-6(15)14-3-1-10-2-4-14/h10H,1-5H2,(H3,9,11,12,13). The van der Waals surface area contributed by atoms with Gasteiger partial charge in [0, 0.05) is 26.2 Å². The number of hydrogen-bond donors (Lipinski definition) is 3. The highest BCUT2D eigenvalue weighted by atomic mass is 32.2. The van der Waals surface area contributed by atoms with Crippen LogP contribution < -0.4 is 11.1 Å². The minimum absolute atomic E-state index is 0.120. The Labute approximate surface area is 97.2 Å². The Morgan fingerprint density at radius 2 is 2.25 bits per heavy atom. The third kappa shape index (κ3) is 2.86. The zero-order valence-electron chi connectivity index (χ0n) is 8.77. The molecule has 1 aliphatic heterocycles. The molecule has 1 fully saturated rings. The average molecular weight is 242 g/mol. The van der Waals surface area contributed by atoms with E-state index in [0.29, 0.717) is 10.9 Å². The van der Waals surface area contributed by atoms with Crippen LogP contribution in [0.5, 0.6) is 0 Å². The van der Waals surface area contributed by atoms with E-state index in [1.54, 1.807) is 0 Å². The Bertz CT molecular complexity index is 361. The summed E-state index contributed by atoms with van der Waals surface area (Å²) < 4.78 is 0. The van der Waals surface area contributed by atoms with E-state index in [-0.39, 0.29) is 11.9 Å². The quantitative estimate of drug-likeness (QED) is 0.582. The summed E-state index contributed by atoms with van der Waals surface area (Å²) in [5, 5.41) is 10.1. The van der Waals surface area contributed by atoms with Crippen molar-refractivity contribution in [2.24, 2.45) is 0 Å². The number of nitrogens with zero attached hydrogens (tertiary/aromatic N) is 3. The molecule has 1 aromatic heterocycles. The summed E-state index contributed by atoms with van der Waals surface area (Å²) in [5.41, 5.74) is 5.38. The number of anilines is 1. The van der Waals surface area contributed by atoms with Crippen LogP contribution in [0.2, 0.25) is 0 Å². The van der Waals surface area contributed by atoms with Crippen molar-refractivity contribution >= 4 is 23.6 Å². The maximum atomic E-state index is 11.8. The molecule has 0 atom stereocenters. The SMILES string of the molecule is Nc1nc(SCC(=O)N2CCNCC2)n[nH]1. The van der Waals surface area contributed by atoms with Gasteiger partial charge in [-0.25, -0.2) is 5.10 Å². The number of piperazine rings is 1. The first-order valence-electron chi connectivity index (χ1n) is 5.05. The number of thioether (sulfide) groups is 1. The number of rotatable bonds is 3. The first-order valence-corrected chi connectivity index (χ1v) is 6.03. The number of H-pyrrole nitrogens is 1. The second kappa shape index (κ2) is 5.17. The number of carbonyl (C=O) groups is 1. The fraction of sp³-hybridized carbons (Fsp3) is 0.625. The van der Waals surface area contributed by atoms with Crippen LogP contribution in [0.1, 0.15) is 0 Å². The molecule has 88 valence electrons. The molecule has 7 nitrogen and oxygen atoms in total. The van der Waals surface area contributed by atoms with E-state index in [2.05, 4.69) is 20.5 Å². The molecule has 0 aromatic carbocycles. The predicted octanol–water partition coefficient (Wildman–Crippen LogP) is -1.09. The van der Waals surface area contributed by atoms with Crippen LogP contribution in [0, 0.1) is 0 Å². The molecule has 0 aliphatic carbocycles. The number of aromatic amines is 1. The summed E-state index contributed by atoms with van der Waals surface area (Å²) in [6.45, 7) is 3.28. The number of nitrogens with two attached hydrogens (primary N) is 1. The van der Waals surface area contributed by atoms with Gasteiger partial charge in [0.05, 0.1) is 5.75 Å². The van der Waals surface area contributed by atoms with Crippen molar-refractivity contribution < 1.29 is 4.79 Å². The lowest BCUT2D eigenvalue weighted by Crippen LogP contribution is -2.47. The van der Waals surface area contributed by atoms with Gasteiger partial charge >= 0.3 is 0 Å². The van der Waals surface area contributed by atoms with Crippen LogP contribution >= 0.6 is 11.8 Å². The molecule has 0 radical (unpaired) electrons. The number of nitrogens with one attached hydrogen (secondary N) is 2. The van der Waals surface area contributed by atoms with E-state index in [1.165, 1.54) is 11.8 Å². The lowest BCUT2D eigenvalue weighted by molar-refractivity contribution is -0.128. The molecule has 0 saturated carbocycles. The summed E-state index contributed by atoms with van der Waals surface area (Å²) in [6.07, 6.45) is 0. The van der Waals surface area contributed by atoms with Gasteiger partial charge in [0.25, 0.3) is 0 Å². The van der Waals surface area contributed by atoms with Gasteiger partial charge in [0.2, 0.25) is 17.0 Å². The third-order valence-corrected chi connectivity index (χ3v) is 3.11. The highest BCUT2D eigenvalue weighted by Crippen LogP contribution is 2.13. The first kappa shape index (κ1) is 11.2. The van der Waals surface area contributed by atoms with Gasteiger partial charge in [0.15, 0.2) is 0 Å². The normalized spacial score (nSPS) is 16.4. The number of amides is 1. The van der Waals surface area contributed by atoms with E-state index in [1.807, 2.05) is 4.90 Å². The Morgan fingerprint density at radius 1 is 1.50 bits per heavy atom. The maximum absolute atomic E-state index is 11.8. The van der Waals surface area contributed by atoms with Crippen molar-refractivity contribution in [3.8, 4) is 0 Å². The molecule has 2 rings (SSSR count). The highest BCUT2D eigenvalue weighted by molar-refractivity contribution is 7.99. The molecule has 16 heavy (non-hydrogen) atoms. The maximum Gasteiger partial charge on any atom is 0.233 e. The Balaban J connectivity index is 1.78. The average Bonchev–Trinajstić information content (AvgIpc) is 2.73. The Morgan fingerprint density at radius 3 is 2.88 bits per heavy atom. The van der Waals surface area contributed by atoms with Crippen LogP contribution in [0.3, 0.4) is 0 Å². The van der Waals surface area contributed by atoms with Gasteiger partial charge in [-0.3, -0.25) is 4.79 Å². The fourth-order valence-electron chi connectivity index (χ4n) is 1.45. The predicted molar refractivity (Wildman–Crippen MR) is 61.0 cm³/mol. The van der Waals surface area contributed by atoms with Gasteiger partial charge in [-0.15, -0.1) is 5.10 Å². The van der Waals surface area contributed by atoms with Crippen LogP contribution in [-0.4, -0.2) is 57.9 Å². The zero-order chi connectivity index (χ0) is 11.4. The number of carbonyl (C=O) groups excluding carboxylic acids is 1. The Kier molecular flexibility index (Phi) is 3.62. The summed E-state index contributed by atoms with van der Waals surface area (Å²) >= 11 is 1.30. The topological polar surface area (TPSA) is 99.9 Å². The number of hydrogen-bond acceptors (Lipinski definition) is 6. The van der Waals surface area contributed by atoms with E-state index >= 15 is 0 Å². The summed E-state index contributed by atoms with van der Waals surface area (Å²) in [5.74, 6) is 0.754. The van der Waals surface area contributed by atoms with Crippen molar-refractivity contribution in [3.63, 3.8) is 0 Å². The molecule has 1 aromatic rings. The van der Waals surface area contributed by atoms with E-state index < -0.39 is 0 Å². The van der Waals surface area contributed by atoms with E-state index in [9.17, 15) is 4.79 Å². The monoisotopic (exact) mass is 242 g/mol. The van der Waals surface area contributed by atoms with Crippen LogP contribution in [0.15, 0.2) is 5.16 Å². The highest BCUT2D eigenvalue weighted by Gasteiger charge is 2.16. The molecular weight excluding hydrogens is 228 g/mol. The number of nitrogen functional groups attached to an aromatic ring is 1. The minimum atomic E-state index is 0.120. The molecule has 8 heteroatoms. The van der Waals surface area contributed by atoms with Gasteiger partial charge in [0.1, 0.15) is 0 Å². The molecule has 4 N–H and O–H groups in total. The van der Waals surface area contributed by atoms with Crippen LogP contribution in [0.4, 0.5) is 5.95 Å². The lowest BCUT2D eigenvalue weighted by atomic mass is 10.3. The largest absolute Gasteiger partial charge is 0.368 e. The third-order valence-electron chi connectivity index (χ3n) is 2.28. The van der Waals surface area contributed by atoms with E-state index in [4.69, 9.17) is 5.73 Å². The van der Waals surface area contributed by atoms with Crippen molar-refractivity contribution in [1.29, 1.82) is 0 Å². The number of aromatic nitrogens is 3. The first-order chi connectivity index (χ1) is 7.75. The Hall–Kier alpha value is -1.28. The van der Waals surface area contributed by atoms with Crippen molar-refractivity contribution in [1.82, 2.24) is 25.4 Å². The molecule has 0 spiro atoms. The van der Waals surface area contributed by atoms with Crippen molar-refractivity contribution in [2.75, 3.05) is 37.7 Å². The second-order valence-corrected chi connectivity index (χ2v) is 4.37. The van der Waals surface area contributed by atoms with Gasteiger partial charge in [-0.05, 0) is 0 Å². The molecule has 2 heterocycles. The van der Waals surface area contributed by atoms with E-state index in [0.717, 1.165) is 26.2 Å². The molecular formula is C8H14N6OS. The van der Waals surface area contributed by atoms with Crippen molar-refractivity contribution in [3.05, 3.63) is 0 Å². The molecule has 0 unspecified atom stereocenters. The lowest BCUT2D eigenvalue weighted by Gasteiger charge is -2.27. The van der Waals surface area contributed by atoms with Gasteiger partial charge < -0.3 is 16.0 Å². The molecule has 1 saturated heterocycles. The van der Waals surface area contributed by atoms with Gasteiger partial charge in [-0.2, -0.15) is 4.98 Å². The molecule has 1 aliphatic rings. The van der Waals surface area contributed by atoms with Crippen LogP contribution in [0.25, 0.3) is 0 Å². The van der Waals surface area contributed by atoms with Gasteiger partial charge in [-0.1, -0.05) is 11.8 Å². The molecule has 0 bridgehead atoms. The second-order valence-electron chi connectivity index (χ2n) is 3.42.